The predicted octanol–water partition coefficient (Wildman–Crippen LogP) is 4.01. The molecule has 2 rings (SSSR count). The minimum Gasteiger partial charge on any atom is -0.325 e. The Kier molecular flexibility index (Phi) is 4.02. The SMILES string of the molecule is CC(N)(Cc1ccccc1)Cc1cc(Br)cs1. The van der Waals surface area contributed by atoms with Crippen molar-refractivity contribution in [3.05, 3.63) is 56.7 Å². The van der Waals surface area contributed by atoms with E-state index in [1.54, 1.807) is 11.3 Å². The monoisotopic (exact) mass is 309 g/mol. The van der Waals surface area contributed by atoms with Crippen LogP contribution in [0.25, 0.3) is 0 Å². The van der Waals surface area contributed by atoms with Crippen molar-refractivity contribution in [1.29, 1.82) is 0 Å². The van der Waals surface area contributed by atoms with Crippen molar-refractivity contribution in [2.45, 2.75) is 25.3 Å². The molecule has 3 heteroatoms. The molecule has 1 aromatic carbocycles. The van der Waals surface area contributed by atoms with E-state index in [1.165, 1.54) is 10.4 Å². The third-order valence-electron chi connectivity index (χ3n) is 2.65. The highest BCUT2D eigenvalue weighted by molar-refractivity contribution is 9.10. The molecule has 0 spiro atoms. The normalized spacial score (nSPS) is 14.5. The summed E-state index contributed by atoms with van der Waals surface area (Å²) < 4.78 is 1.15. The Morgan fingerprint density at radius 3 is 2.53 bits per heavy atom. The van der Waals surface area contributed by atoms with Crippen LogP contribution in [-0.4, -0.2) is 5.54 Å². The van der Waals surface area contributed by atoms with Gasteiger partial charge in [-0.3, -0.25) is 0 Å². The van der Waals surface area contributed by atoms with Crippen LogP contribution < -0.4 is 5.73 Å². The zero-order chi connectivity index (χ0) is 12.3. The summed E-state index contributed by atoms with van der Waals surface area (Å²) >= 11 is 5.24. The van der Waals surface area contributed by atoms with E-state index in [0.717, 1.165) is 17.3 Å². The molecule has 90 valence electrons. The molecule has 0 aliphatic rings. The van der Waals surface area contributed by atoms with Crippen LogP contribution in [0.2, 0.25) is 0 Å². The molecule has 2 aromatic rings. The molecule has 2 N–H and O–H groups in total. The van der Waals surface area contributed by atoms with Crippen LogP contribution in [0, 0.1) is 0 Å². The van der Waals surface area contributed by atoms with E-state index in [1.807, 2.05) is 6.07 Å². The van der Waals surface area contributed by atoms with Crippen LogP contribution in [-0.2, 0) is 12.8 Å². The molecular weight excluding hydrogens is 294 g/mol. The highest BCUT2D eigenvalue weighted by atomic mass is 79.9. The lowest BCUT2D eigenvalue weighted by Crippen LogP contribution is -2.40. The van der Waals surface area contributed by atoms with E-state index in [0.29, 0.717) is 0 Å². The molecule has 0 aliphatic carbocycles. The van der Waals surface area contributed by atoms with Crippen LogP contribution in [0.4, 0.5) is 0 Å². The van der Waals surface area contributed by atoms with Gasteiger partial charge in [0.1, 0.15) is 0 Å². The maximum Gasteiger partial charge on any atom is 0.0285 e. The van der Waals surface area contributed by atoms with Crippen LogP contribution >= 0.6 is 27.3 Å². The second kappa shape index (κ2) is 5.34. The Balaban J connectivity index is 2.04. The summed E-state index contributed by atoms with van der Waals surface area (Å²) in [5, 5.41) is 2.11. The standard InChI is InChI=1S/C14H16BrNS/c1-14(16,8-11-5-3-2-4-6-11)9-13-7-12(15)10-17-13/h2-7,10H,8-9,16H2,1H3. The fraction of sp³-hybridized carbons (Fsp3) is 0.286. The third-order valence-corrected chi connectivity index (χ3v) is 4.35. The third kappa shape index (κ3) is 3.95. The zero-order valence-corrected chi connectivity index (χ0v) is 12.2. The molecule has 0 aliphatic heterocycles. The molecule has 1 aromatic heterocycles. The first kappa shape index (κ1) is 12.8. The average molecular weight is 310 g/mol. The zero-order valence-electron chi connectivity index (χ0n) is 9.82. The van der Waals surface area contributed by atoms with Crippen molar-refractivity contribution < 1.29 is 0 Å². The lowest BCUT2D eigenvalue weighted by molar-refractivity contribution is 0.466. The molecule has 1 nitrogen and oxygen atoms in total. The number of benzene rings is 1. The van der Waals surface area contributed by atoms with E-state index < -0.39 is 0 Å². The van der Waals surface area contributed by atoms with E-state index in [-0.39, 0.29) is 5.54 Å². The Morgan fingerprint density at radius 1 is 1.24 bits per heavy atom. The molecule has 0 bridgehead atoms. The van der Waals surface area contributed by atoms with Gasteiger partial charge < -0.3 is 5.73 Å². The number of hydrogen-bond donors (Lipinski definition) is 1. The average Bonchev–Trinajstić information content (AvgIpc) is 2.63. The molecule has 0 fully saturated rings. The lowest BCUT2D eigenvalue weighted by Gasteiger charge is -2.24. The highest BCUT2D eigenvalue weighted by Gasteiger charge is 2.20. The van der Waals surface area contributed by atoms with E-state index in [4.69, 9.17) is 5.73 Å². The Labute approximate surface area is 115 Å². The number of hydrogen-bond acceptors (Lipinski definition) is 2. The first-order valence-electron chi connectivity index (χ1n) is 5.61. The molecule has 1 unspecified atom stereocenters. The van der Waals surface area contributed by atoms with E-state index in [2.05, 4.69) is 58.6 Å². The van der Waals surface area contributed by atoms with Crippen molar-refractivity contribution in [3.8, 4) is 0 Å². The van der Waals surface area contributed by atoms with Crippen molar-refractivity contribution in [1.82, 2.24) is 0 Å². The number of nitrogens with two attached hydrogens (primary N) is 1. The molecule has 17 heavy (non-hydrogen) atoms. The summed E-state index contributed by atoms with van der Waals surface area (Å²) in [6.45, 7) is 2.12. The summed E-state index contributed by atoms with van der Waals surface area (Å²) in [5.74, 6) is 0. The number of rotatable bonds is 4. The van der Waals surface area contributed by atoms with Gasteiger partial charge in [0.25, 0.3) is 0 Å². The first-order chi connectivity index (χ1) is 8.05. The van der Waals surface area contributed by atoms with Gasteiger partial charge >= 0.3 is 0 Å². The molecule has 0 amide bonds. The second-order valence-electron chi connectivity index (χ2n) is 4.72. The topological polar surface area (TPSA) is 26.0 Å². The highest BCUT2D eigenvalue weighted by Crippen LogP contribution is 2.24. The minimum absolute atomic E-state index is 0.189. The van der Waals surface area contributed by atoms with Crippen LogP contribution in [0.15, 0.2) is 46.3 Å². The first-order valence-corrected chi connectivity index (χ1v) is 7.28. The van der Waals surface area contributed by atoms with Gasteiger partial charge in [0.2, 0.25) is 0 Å². The van der Waals surface area contributed by atoms with Gasteiger partial charge in [0.05, 0.1) is 0 Å². The smallest absolute Gasteiger partial charge is 0.0285 e. The van der Waals surface area contributed by atoms with Gasteiger partial charge in [-0.25, -0.2) is 0 Å². The van der Waals surface area contributed by atoms with Crippen LogP contribution in [0.1, 0.15) is 17.4 Å². The van der Waals surface area contributed by atoms with Crippen LogP contribution in [0.5, 0.6) is 0 Å². The molecule has 0 radical (unpaired) electrons. The van der Waals surface area contributed by atoms with Crippen molar-refractivity contribution >= 4 is 27.3 Å². The van der Waals surface area contributed by atoms with Crippen molar-refractivity contribution in [2.75, 3.05) is 0 Å². The van der Waals surface area contributed by atoms with Gasteiger partial charge in [-0.15, -0.1) is 11.3 Å². The second-order valence-corrected chi connectivity index (χ2v) is 6.64. The Hall–Kier alpha value is -0.640. The summed E-state index contributed by atoms with van der Waals surface area (Å²) in [5.41, 5.74) is 7.49. The fourth-order valence-electron chi connectivity index (χ4n) is 1.97. The van der Waals surface area contributed by atoms with Crippen molar-refractivity contribution in [2.24, 2.45) is 5.73 Å². The Morgan fingerprint density at radius 2 is 1.94 bits per heavy atom. The molecule has 1 heterocycles. The van der Waals surface area contributed by atoms with Gasteiger partial charge in [0, 0.05) is 20.3 Å². The lowest BCUT2D eigenvalue weighted by atomic mass is 9.90. The van der Waals surface area contributed by atoms with Crippen LogP contribution in [0.3, 0.4) is 0 Å². The molecule has 1 atom stereocenters. The van der Waals surface area contributed by atoms with Gasteiger partial charge in [-0.1, -0.05) is 30.3 Å². The summed E-state index contributed by atoms with van der Waals surface area (Å²) in [6.07, 6.45) is 1.82. The molecule has 0 saturated heterocycles. The van der Waals surface area contributed by atoms with Gasteiger partial charge in [-0.05, 0) is 47.3 Å². The van der Waals surface area contributed by atoms with E-state index in [9.17, 15) is 0 Å². The van der Waals surface area contributed by atoms with Crippen molar-refractivity contribution in [3.63, 3.8) is 0 Å². The van der Waals surface area contributed by atoms with Gasteiger partial charge in [0.15, 0.2) is 0 Å². The molecule has 0 saturated carbocycles. The maximum atomic E-state index is 6.38. The van der Waals surface area contributed by atoms with Gasteiger partial charge in [-0.2, -0.15) is 0 Å². The quantitative estimate of drug-likeness (QED) is 0.907. The number of halogens is 1. The fourth-order valence-corrected chi connectivity index (χ4v) is 3.62. The molecular formula is C14H16BrNS. The Bertz CT molecular complexity index is 476. The minimum atomic E-state index is -0.189. The summed E-state index contributed by atoms with van der Waals surface area (Å²) in [7, 11) is 0. The summed E-state index contributed by atoms with van der Waals surface area (Å²) in [4.78, 5) is 1.33. The maximum absolute atomic E-state index is 6.38. The summed E-state index contributed by atoms with van der Waals surface area (Å²) in [6, 6.07) is 12.6. The number of thiophene rings is 1. The largest absolute Gasteiger partial charge is 0.325 e. The van der Waals surface area contributed by atoms with E-state index >= 15 is 0 Å². The predicted molar refractivity (Wildman–Crippen MR) is 78.5 cm³/mol.